The van der Waals surface area contributed by atoms with E-state index in [9.17, 15) is 16.8 Å². The normalized spacial score (nSPS) is 21.8. The van der Waals surface area contributed by atoms with Gasteiger partial charge in [-0.3, -0.25) is 0 Å². The van der Waals surface area contributed by atoms with Gasteiger partial charge in [-0.25, -0.2) is 26.5 Å². The van der Waals surface area contributed by atoms with Gasteiger partial charge in [0.15, 0.2) is 9.84 Å². The van der Waals surface area contributed by atoms with Crippen molar-refractivity contribution >= 4 is 25.7 Å². The highest BCUT2D eigenvalue weighted by Crippen LogP contribution is 2.20. The summed E-state index contributed by atoms with van der Waals surface area (Å²) in [5, 5.41) is 2.72. The van der Waals surface area contributed by atoms with Crippen LogP contribution in [0.4, 0.5) is 5.82 Å². The summed E-state index contributed by atoms with van der Waals surface area (Å²) >= 11 is 0. The van der Waals surface area contributed by atoms with Gasteiger partial charge in [0.2, 0.25) is 10.0 Å². The van der Waals surface area contributed by atoms with Crippen LogP contribution in [0.1, 0.15) is 6.42 Å². The van der Waals surface area contributed by atoms with Crippen molar-refractivity contribution in [1.82, 2.24) is 9.71 Å². The molecule has 7 nitrogen and oxygen atoms in total. The molecule has 9 heteroatoms. The van der Waals surface area contributed by atoms with Gasteiger partial charge in [0.25, 0.3) is 0 Å². The summed E-state index contributed by atoms with van der Waals surface area (Å²) in [5.74, 6) is 0.277. The molecular weight excluding hydrogens is 302 g/mol. The molecule has 1 fully saturated rings. The summed E-state index contributed by atoms with van der Waals surface area (Å²) in [6.45, 7) is 0.125. The Hall–Kier alpha value is -1.19. The molecule has 1 aliphatic heterocycles. The average Bonchev–Trinajstić information content (AvgIpc) is 2.76. The number of hydrogen-bond donors (Lipinski definition) is 2. The minimum Gasteiger partial charge on any atom is -0.372 e. The molecule has 1 aliphatic rings. The topological polar surface area (TPSA) is 105 Å². The summed E-state index contributed by atoms with van der Waals surface area (Å²) in [6, 6.07) is 2.99. The summed E-state index contributed by atoms with van der Waals surface area (Å²) in [6.07, 6.45) is 1.99. The van der Waals surface area contributed by atoms with Crippen molar-refractivity contribution in [2.45, 2.75) is 11.3 Å². The first-order valence-corrected chi connectivity index (χ1v) is 9.47. The number of hydrogen-bond acceptors (Lipinski definition) is 6. The van der Waals surface area contributed by atoms with Crippen LogP contribution in [0, 0.1) is 5.92 Å². The van der Waals surface area contributed by atoms with E-state index in [0.29, 0.717) is 6.42 Å². The molecule has 1 unspecified atom stereocenters. The molecule has 2 N–H and O–H groups in total. The van der Waals surface area contributed by atoms with Gasteiger partial charge < -0.3 is 5.32 Å². The lowest BCUT2D eigenvalue weighted by Gasteiger charge is -2.12. The van der Waals surface area contributed by atoms with E-state index in [0.717, 1.165) is 0 Å². The Bertz CT molecular complexity index is 685. The Kier molecular flexibility index (Phi) is 4.31. The number of aromatic nitrogens is 1. The molecular formula is C11H17N3O4S2. The molecule has 2 rings (SSSR count). The van der Waals surface area contributed by atoms with Crippen molar-refractivity contribution in [1.29, 1.82) is 0 Å². The van der Waals surface area contributed by atoms with Crippen molar-refractivity contribution in [2.75, 3.05) is 30.4 Å². The molecule has 1 atom stereocenters. The van der Waals surface area contributed by atoms with Crippen LogP contribution in [0.15, 0.2) is 23.2 Å². The van der Waals surface area contributed by atoms with Gasteiger partial charge in [0.1, 0.15) is 10.7 Å². The standard InChI is InChI=1S/C11H17N3O4S2/c1-12-11-10(3-2-5-13-11)20(17,18)14-7-9-4-6-19(15,16)8-9/h2-3,5,9,14H,4,6-8H2,1H3,(H,12,13). The SMILES string of the molecule is CNc1ncccc1S(=O)(=O)NCC1CCS(=O)(=O)C1. The Balaban J connectivity index is 2.08. The van der Waals surface area contributed by atoms with Crippen LogP contribution in [-0.4, -0.2) is 46.9 Å². The van der Waals surface area contributed by atoms with E-state index >= 15 is 0 Å². The molecule has 1 aromatic heterocycles. The first kappa shape index (κ1) is 15.2. The molecule has 1 saturated heterocycles. The van der Waals surface area contributed by atoms with Gasteiger partial charge in [-0.1, -0.05) is 0 Å². The molecule has 1 aromatic rings. The lowest BCUT2D eigenvalue weighted by Crippen LogP contribution is -2.30. The molecule has 0 spiro atoms. The third-order valence-electron chi connectivity index (χ3n) is 3.19. The van der Waals surface area contributed by atoms with Gasteiger partial charge in [-0.05, 0) is 24.5 Å². The number of sulfonamides is 1. The molecule has 0 aliphatic carbocycles. The van der Waals surface area contributed by atoms with Crippen LogP contribution in [-0.2, 0) is 19.9 Å². The minimum atomic E-state index is -3.70. The number of nitrogens with one attached hydrogen (secondary N) is 2. The maximum atomic E-state index is 12.2. The van der Waals surface area contributed by atoms with Crippen molar-refractivity contribution in [3.05, 3.63) is 18.3 Å². The van der Waals surface area contributed by atoms with Crippen LogP contribution in [0.3, 0.4) is 0 Å². The minimum absolute atomic E-state index is 0.0431. The largest absolute Gasteiger partial charge is 0.372 e. The molecule has 0 bridgehead atoms. The quantitative estimate of drug-likeness (QED) is 0.781. The molecule has 2 heterocycles. The Labute approximate surface area is 118 Å². The van der Waals surface area contributed by atoms with Gasteiger partial charge in [0, 0.05) is 19.8 Å². The highest BCUT2D eigenvalue weighted by molar-refractivity contribution is 7.91. The zero-order valence-corrected chi connectivity index (χ0v) is 12.7. The van der Waals surface area contributed by atoms with Crippen LogP contribution in [0.25, 0.3) is 0 Å². The maximum absolute atomic E-state index is 12.2. The van der Waals surface area contributed by atoms with E-state index in [1.54, 1.807) is 7.05 Å². The number of pyridine rings is 1. The zero-order chi connectivity index (χ0) is 14.8. The monoisotopic (exact) mass is 319 g/mol. The van der Waals surface area contributed by atoms with E-state index in [1.165, 1.54) is 18.3 Å². The highest BCUT2D eigenvalue weighted by Gasteiger charge is 2.29. The van der Waals surface area contributed by atoms with Crippen molar-refractivity contribution in [2.24, 2.45) is 5.92 Å². The van der Waals surface area contributed by atoms with Crippen LogP contribution < -0.4 is 10.0 Å². The van der Waals surface area contributed by atoms with E-state index in [2.05, 4.69) is 15.0 Å². The number of rotatable bonds is 5. The van der Waals surface area contributed by atoms with Crippen LogP contribution >= 0.6 is 0 Å². The van der Waals surface area contributed by atoms with Crippen LogP contribution in [0.2, 0.25) is 0 Å². The fourth-order valence-corrected chi connectivity index (χ4v) is 5.27. The number of sulfone groups is 1. The Morgan fingerprint density at radius 3 is 2.80 bits per heavy atom. The van der Waals surface area contributed by atoms with Crippen molar-refractivity contribution in [3.8, 4) is 0 Å². The third-order valence-corrected chi connectivity index (χ3v) is 6.48. The third kappa shape index (κ3) is 3.47. The maximum Gasteiger partial charge on any atom is 0.244 e. The summed E-state index contributed by atoms with van der Waals surface area (Å²) in [7, 11) is -5.11. The molecule has 112 valence electrons. The molecule has 0 amide bonds. The second kappa shape index (κ2) is 5.66. The molecule has 0 radical (unpaired) electrons. The van der Waals surface area contributed by atoms with E-state index in [4.69, 9.17) is 0 Å². The summed E-state index contributed by atoms with van der Waals surface area (Å²) in [4.78, 5) is 4.00. The van der Waals surface area contributed by atoms with Gasteiger partial charge >= 0.3 is 0 Å². The smallest absolute Gasteiger partial charge is 0.244 e. The van der Waals surface area contributed by atoms with Crippen LogP contribution in [0.5, 0.6) is 0 Å². The van der Waals surface area contributed by atoms with Crippen molar-refractivity contribution in [3.63, 3.8) is 0 Å². The molecule has 0 aromatic carbocycles. The van der Waals surface area contributed by atoms with Gasteiger partial charge in [0.05, 0.1) is 11.5 Å². The fourth-order valence-electron chi connectivity index (χ4n) is 2.13. The molecule has 20 heavy (non-hydrogen) atoms. The number of nitrogens with zero attached hydrogens (tertiary/aromatic N) is 1. The lowest BCUT2D eigenvalue weighted by atomic mass is 10.1. The summed E-state index contributed by atoms with van der Waals surface area (Å²) in [5.41, 5.74) is 0. The van der Waals surface area contributed by atoms with Gasteiger partial charge in [-0.15, -0.1) is 0 Å². The second-order valence-corrected chi connectivity index (χ2v) is 8.69. The van der Waals surface area contributed by atoms with Gasteiger partial charge in [-0.2, -0.15) is 0 Å². The van der Waals surface area contributed by atoms with Crippen molar-refractivity contribution < 1.29 is 16.8 Å². The predicted molar refractivity (Wildman–Crippen MR) is 75.7 cm³/mol. The lowest BCUT2D eigenvalue weighted by molar-refractivity contribution is 0.543. The van der Waals surface area contributed by atoms with E-state index in [1.807, 2.05) is 0 Å². The average molecular weight is 319 g/mol. The summed E-state index contributed by atoms with van der Waals surface area (Å²) < 4.78 is 49.5. The first-order chi connectivity index (χ1) is 9.34. The predicted octanol–water partition coefficient (Wildman–Crippen LogP) is -0.164. The Morgan fingerprint density at radius 1 is 1.45 bits per heavy atom. The highest BCUT2D eigenvalue weighted by atomic mass is 32.2. The first-order valence-electron chi connectivity index (χ1n) is 6.17. The van der Waals surface area contributed by atoms with E-state index < -0.39 is 19.9 Å². The Morgan fingerprint density at radius 2 is 2.20 bits per heavy atom. The zero-order valence-electron chi connectivity index (χ0n) is 11.0. The fraction of sp³-hybridized carbons (Fsp3) is 0.545. The molecule has 0 saturated carbocycles. The second-order valence-electron chi connectivity index (χ2n) is 4.72. The van der Waals surface area contributed by atoms with E-state index in [-0.39, 0.29) is 34.7 Å². The number of anilines is 1.